The van der Waals surface area contributed by atoms with Crippen LogP contribution in [0.25, 0.3) is 0 Å². The van der Waals surface area contributed by atoms with Crippen LogP contribution in [0.1, 0.15) is 85.5 Å². The van der Waals surface area contributed by atoms with Gasteiger partial charge in [0.25, 0.3) is 0 Å². The molecule has 0 saturated heterocycles. The van der Waals surface area contributed by atoms with Gasteiger partial charge in [0.05, 0.1) is 12.2 Å². The Morgan fingerprint density at radius 2 is 1.78 bits per heavy atom. The molecule has 1 amide bonds. The summed E-state index contributed by atoms with van der Waals surface area (Å²) in [4.78, 5) is 22.7. The zero-order chi connectivity index (χ0) is 23.4. The van der Waals surface area contributed by atoms with E-state index in [-0.39, 0.29) is 53.1 Å². The Morgan fingerprint density at radius 3 is 2.44 bits per heavy atom. The van der Waals surface area contributed by atoms with Crippen molar-refractivity contribution in [2.24, 2.45) is 46.3 Å². The third kappa shape index (κ3) is 3.79. The molecule has 6 heteroatoms. The summed E-state index contributed by atoms with van der Waals surface area (Å²) >= 11 is 0. The van der Waals surface area contributed by atoms with E-state index in [1.165, 1.54) is 0 Å². The van der Waals surface area contributed by atoms with Crippen LogP contribution in [0.4, 0.5) is 0 Å². The summed E-state index contributed by atoms with van der Waals surface area (Å²) in [5.74, 6) is 0.986. The molecule has 0 aromatic carbocycles. The fourth-order valence-corrected chi connectivity index (χ4v) is 9.13. The topological polar surface area (TPSA) is 107 Å². The number of aliphatic hydroxyl groups is 2. The molecule has 4 fully saturated rings. The Hall–Kier alpha value is -1.14. The van der Waals surface area contributed by atoms with Crippen molar-refractivity contribution in [1.29, 1.82) is 0 Å². The number of hydrogen-bond acceptors (Lipinski definition) is 4. The summed E-state index contributed by atoms with van der Waals surface area (Å²) in [5.41, 5.74) is -0.162. The molecule has 182 valence electrons. The molecule has 0 aromatic rings. The maximum absolute atomic E-state index is 11.6. The van der Waals surface area contributed by atoms with Crippen LogP contribution in [0.15, 0.2) is 0 Å². The average Bonchev–Trinajstić information content (AvgIpc) is 3.06. The van der Waals surface area contributed by atoms with Crippen molar-refractivity contribution in [2.45, 2.75) is 104 Å². The normalized spacial score (nSPS) is 48.8. The lowest BCUT2D eigenvalue weighted by molar-refractivity contribution is -0.202. The molecule has 0 spiro atoms. The number of aliphatic carboxylic acids is 1. The van der Waals surface area contributed by atoms with Gasteiger partial charge in [-0.1, -0.05) is 20.8 Å². The van der Waals surface area contributed by atoms with Gasteiger partial charge >= 0.3 is 5.97 Å². The van der Waals surface area contributed by atoms with Crippen molar-refractivity contribution in [3.8, 4) is 0 Å². The van der Waals surface area contributed by atoms with Crippen LogP contribution >= 0.6 is 0 Å². The highest BCUT2D eigenvalue weighted by atomic mass is 16.4. The fraction of sp³-hybridized carbons (Fsp3) is 0.923. The Balaban J connectivity index is 1.56. The molecule has 4 rings (SSSR count). The molecule has 4 saturated carbocycles. The maximum Gasteiger partial charge on any atom is 0.303 e. The van der Waals surface area contributed by atoms with Crippen LogP contribution in [0.3, 0.4) is 0 Å². The Morgan fingerprint density at radius 1 is 1.06 bits per heavy atom. The number of amides is 1. The summed E-state index contributed by atoms with van der Waals surface area (Å²) in [6, 6.07) is 0.194. The van der Waals surface area contributed by atoms with E-state index in [1.807, 2.05) is 0 Å². The minimum atomic E-state index is -0.752. The van der Waals surface area contributed by atoms with E-state index in [1.54, 1.807) is 6.92 Å². The summed E-state index contributed by atoms with van der Waals surface area (Å²) < 4.78 is 0. The van der Waals surface area contributed by atoms with Crippen molar-refractivity contribution in [2.75, 3.05) is 0 Å². The molecular weight excluding hydrogens is 406 g/mol. The highest BCUT2D eigenvalue weighted by molar-refractivity contribution is 5.73. The predicted octanol–water partition coefficient (Wildman–Crippen LogP) is 3.59. The monoisotopic (exact) mass is 449 g/mol. The second-order valence-electron chi connectivity index (χ2n) is 12.2. The van der Waals surface area contributed by atoms with Crippen molar-refractivity contribution in [1.82, 2.24) is 5.32 Å². The molecule has 4 N–H and O–H groups in total. The molecule has 4 aliphatic rings. The van der Waals surface area contributed by atoms with Gasteiger partial charge in [0.15, 0.2) is 0 Å². The fourth-order valence-electron chi connectivity index (χ4n) is 9.13. The highest BCUT2D eigenvalue weighted by Crippen LogP contribution is 2.68. The third-order valence-electron chi connectivity index (χ3n) is 10.8. The Bertz CT molecular complexity index is 742. The van der Waals surface area contributed by atoms with E-state index < -0.39 is 12.1 Å². The standard InChI is InChI=1S/C26H43NO5/c1-14(5-8-23(31)32)18-6-7-19-24-20(13-22(30)26(18,19)4)25(3)10-9-17(27-15(2)28)11-16(25)12-21(24)29/h14,16-22,24,29-30H,5-13H2,1-4H3,(H,27,28)(H,31,32)/t14-,16?,17?,18-,19?,20?,21-,22+,24?,25+,26-/m1/s1. The van der Waals surface area contributed by atoms with Crippen LogP contribution in [0.5, 0.6) is 0 Å². The Labute approximate surface area is 192 Å². The van der Waals surface area contributed by atoms with Crippen molar-refractivity contribution < 1.29 is 24.9 Å². The minimum absolute atomic E-state index is 0.0192. The van der Waals surface area contributed by atoms with Gasteiger partial charge in [-0.15, -0.1) is 0 Å². The van der Waals surface area contributed by atoms with Gasteiger partial charge in [-0.3, -0.25) is 9.59 Å². The SMILES string of the molecule is CC(=O)NC1CC[C@@]2(C)C(C1)C[C@@H](O)C1C2C[C@H](O)[C@@]2(C)C1CC[C@@H]2[C@H](C)CCC(=O)O. The second-order valence-corrected chi connectivity index (χ2v) is 12.2. The summed E-state index contributed by atoms with van der Waals surface area (Å²) in [6.07, 6.45) is 6.53. The summed E-state index contributed by atoms with van der Waals surface area (Å²) in [6.45, 7) is 8.33. The number of hydrogen-bond donors (Lipinski definition) is 4. The molecule has 0 radical (unpaired) electrons. The van der Waals surface area contributed by atoms with Crippen molar-refractivity contribution in [3.05, 3.63) is 0 Å². The first kappa shape index (κ1) is 24.0. The zero-order valence-electron chi connectivity index (χ0n) is 20.2. The van der Waals surface area contributed by atoms with Crippen LogP contribution < -0.4 is 5.32 Å². The number of carbonyl (C=O) groups excluding carboxylic acids is 1. The third-order valence-corrected chi connectivity index (χ3v) is 10.8. The van der Waals surface area contributed by atoms with Crippen molar-refractivity contribution >= 4 is 11.9 Å². The van der Waals surface area contributed by atoms with Gasteiger partial charge < -0.3 is 20.6 Å². The largest absolute Gasteiger partial charge is 0.481 e. The first-order valence-electron chi connectivity index (χ1n) is 12.8. The van der Waals surface area contributed by atoms with E-state index in [0.29, 0.717) is 24.2 Å². The first-order valence-corrected chi connectivity index (χ1v) is 12.8. The molecular formula is C26H43NO5. The predicted molar refractivity (Wildman–Crippen MR) is 122 cm³/mol. The van der Waals surface area contributed by atoms with E-state index in [2.05, 4.69) is 26.1 Å². The smallest absolute Gasteiger partial charge is 0.303 e. The maximum atomic E-state index is 11.6. The lowest BCUT2D eigenvalue weighted by Crippen LogP contribution is -2.63. The molecule has 4 aliphatic carbocycles. The molecule has 0 bridgehead atoms. The molecule has 6 nitrogen and oxygen atoms in total. The van der Waals surface area contributed by atoms with Gasteiger partial charge in [-0.25, -0.2) is 0 Å². The molecule has 0 aliphatic heterocycles. The van der Waals surface area contributed by atoms with E-state index >= 15 is 0 Å². The zero-order valence-corrected chi connectivity index (χ0v) is 20.2. The average molecular weight is 450 g/mol. The van der Waals surface area contributed by atoms with Crippen LogP contribution in [0.2, 0.25) is 0 Å². The van der Waals surface area contributed by atoms with Gasteiger partial charge in [0.1, 0.15) is 0 Å². The van der Waals surface area contributed by atoms with Crippen LogP contribution in [0, 0.1) is 46.3 Å². The summed E-state index contributed by atoms with van der Waals surface area (Å²) in [7, 11) is 0. The number of fused-ring (bicyclic) bond motifs is 5. The number of carboxylic acids is 1. The van der Waals surface area contributed by atoms with Crippen molar-refractivity contribution in [3.63, 3.8) is 0 Å². The van der Waals surface area contributed by atoms with Crippen LogP contribution in [-0.4, -0.2) is 45.4 Å². The summed E-state index contributed by atoms with van der Waals surface area (Å²) in [5, 5.41) is 35.2. The van der Waals surface area contributed by atoms with E-state index in [9.17, 15) is 19.8 Å². The van der Waals surface area contributed by atoms with Crippen LogP contribution in [-0.2, 0) is 9.59 Å². The van der Waals surface area contributed by atoms with E-state index in [4.69, 9.17) is 5.11 Å². The first-order chi connectivity index (χ1) is 15.0. The lowest BCUT2D eigenvalue weighted by atomic mass is 9.43. The molecule has 0 heterocycles. The molecule has 32 heavy (non-hydrogen) atoms. The van der Waals surface area contributed by atoms with Gasteiger partial charge in [-0.2, -0.15) is 0 Å². The number of nitrogens with one attached hydrogen (secondary N) is 1. The Kier molecular flexibility index (Phi) is 6.43. The number of carbonyl (C=O) groups is 2. The number of aliphatic hydroxyl groups excluding tert-OH is 2. The minimum Gasteiger partial charge on any atom is -0.481 e. The molecule has 5 unspecified atom stereocenters. The number of rotatable bonds is 5. The van der Waals surface area contributed by atoms with Gasteiger partial charge in [0, 0.05) is 19.4 Å². The molecule has 0 aromatic heterocycles. The quantitative estimate of drug-likeness (QED) is 0.513. The van der Waals surface area contributed by atoms with E-state index in [0.717, 1.165) is 44.9 Å². The number of carboxylic acid groups (broad SMARTS) is 1. The van der Waals surface area contributed by atoms with Gasteiger partial charge in [-0.05, 0) is 97.7 Å². The van der Waals surface area contributed by atoms with Gasteiger partial charge in [0.2, 0.25) is 5.91 Å². The second kappa shape index (κ2) is 8.57. The lowest BCUT2D eigenvalue weighted by Gasteiger charge is -2.63. The molecule has 11 atom stereocenters. The highest BCUT2D eigenvalue weighted by Gasteiger charge is 2.65.